The van der Waals surface area contributed by atoms with Gasteiger partial charge in [0.15, 0.2) is 6.61 Å². The highest BCUT2D eigenvalue weighted by Gasteiger charge is 2.16. The van der Waals surface area contributed by atoms with Gasteiger partial charge in [0.1, 0.15) is 6.61 Å². The molecule has 0 atom stereocenters. The average molecular weight is 226 g/mol. The van der Waals surface area contributed by atoms with Gasteiger partial charge in [-0.15, -0.1) is 0 Å². The summed E-state index contributed by atoms with van der Waals surface area (Å²) in [5.74, 6) is 5.01. The Labute approximate surface area is 96.3 Å². The molecule has 0 aromatic heterocycles. The van der Waals surface area contributed by atoms with E-state index in [1.54, 1.807) is 6.92 Å². The molecule has 0 aromatic carbocycles. The van der Waals surface area contributed by atoms with E-state index in [0.29, 0.717) is 6.42 Å². The maximum absolute atomic E-state index is 10.9. The van der Waals surface area contributed by atoms with Crippen LogP contribution in [0.4, 0.5) is 0 Å². The Hall–Kier alpha value is -1.50. The quantitative estimate of drug-likeness (QED) is 0.539. The summed E-state index contributed by atoms with van der Waals surface area (Å²) in [6, 6.07) is 0. The summed E-state index contributed by atoms with van der Waals surface area (Å²) in [6.07, 6.45) is 0.358. The molecular weight excluding hydrogens is 208 g/mol. The van der Waals surface area contributed by atoms with Crippen molar-refractivity contribution in [3.63, 3.8) is 0 Å². The predicted octanol–water partition coefficient (Wildman–Crippen LogP) is 1.53. The molecule has 4 nitrogen and oxygen atoms in total. The zero-order valence-electron chi connectivity index (χ0n) is 10.3. The minimum atomic E-state index is -0.426. The first kappa shape index (κ1) is 14.5. The summed E-state index contributed by atoms with van der Waals surface area (Å²) < 4.78 is 9.65. The summed E-state index contributed by atoms with van der Waals surface area (Å²) in [5.41, 5.74) is -0.426. The minimum absolute atomic E-state index is 0.0699. The molecule has 0 bridgehead atoms. The molecule has 0 fully saturated rings. The number of carbonyl (C=O) groups is 2. The van der Waals surface area contributed by atoms with E-state index in [1.807, 2.05) is 13.8 Å². The molecule has 0 aromatic rings. The van der Waals surface area contributed by atoms with Crippen LogP contribution < -0.4 is 0 Å². The van der Waals surface area contributed by atoms with Gasteiger partial charge >= 0.3 is 11.9 Å². The standard InChI is InChI=1S/C12H18O4/c1-5-11(14)16-9-12(3,4)7-6-8-15-10(2)13/h5,8-9H2,1-4H3. The minimum Gasteiger partial charge on any atom is -0.464 e. The van der Waals surface area contributed by atoms with E-state index >= 15 is 0 Å². The molecule has 16 heavy (non-hydrogen) atoms. The molecular formula is C12H18O4. The molecule has 0 saturated heterocycles. The summed E-state index contributed by atoms with van der Waals surface area (Å²) in [7, 11) is 0. The first-order valence-electron chi connectivity index (χ1n) is 5.16. The highest BCUT2D eigenvalue weighted by atomic mass is 16.5. The number of hydrogen-bond donors (Lipinski definition) is 0. The topological polar surface area (TPSA) is 52.6 Å². The summed E-state index contributed by atoms with van der Waals surface area (Å²) in [4.78, 5) is 21.4. The van der Waals surface area contributed by atoms with E-state index in [-0.39, 0.29) is 25.2 Å². The SMILES string of the molecule is CCC(=O)OCC(C)(C)C#CCOC(C)=O. The highest BCUT2D eigenvalue weighted by molar-refractivity contribution is 5.68. The molecule has 0 aliphatic rings. The van der Waals surface area contributed by atoms with Gasteiger partial charge in [0.05, 0.1) is 5.41 Å². The van der Waals surface area contributed by atoms with Crippen LogP contribution in [0.25, 0.3) is 0 Å². The number of esters is 2. The van der Waals surface area contributed by atoms with Crippen molar-refractivity contribution in [1.82, 2.24) is 0 Å². The van der Waals surface area contributed by atoms with E-state index in [9.17, 15) is 9.59 Å². The fraction of sp³-hybridized carbons (Fsp3) is 0.667. The Balaban J connectivity index is 4.02. The van der Waals surface area contributed by atoms with Crippen molar-refractivity contribution in [2.45, 2.75) is 34.1 Å². The molecule has 0 amide bonds. The first-order valence-corrected chi connectivity index (χ1v) is 5.16. The van der Waals surface area contributed by atoms with Crippen LogP contribution in [0.15, 0.2) is 0 Å². The van der Waals surface area contributed by atoms with Crippen LogP contribution in [-0.4, -0.2) is 25.2 Å². The molecule has 0 aliphatic heterocycles. The molecule has 0 spiro atoms. The van der Waals surface area contributed by atoms with Gasteiger partial charge in [0.2, 0.25) is 0 Å². The second-order valence-electron chi connectivity index (χ2n) is 3.98. The van der Waals surface area contributed by atoms with Gasteiger partial charge in [-0.2, -0.15) is 0 Å². The Morgan fingerprint density at radius 3 is 2.38 bits per heavy atom. The van der Waals surface area contributed by atoms with Gasteiger partial charge < -0.3 is 9.47 Å². The lowest BCUT2D eigenvalue weighted by Gasteiger charge is -2.16. The molecule has 0 heterocycles. The van der Waals surface area contributed by atoms with Gasteiger partial charge in [-0.05, 0) is 13.8 Å². The molecule has 0 N–H and O–H groups in total. The van der Waals surface area contributed by atoms with Crippen LogP contribution in [0.1, 0.15) is 34.1 Å². The van der Waals surface area contributed by atoms with Crippen LogP contribution in [0.2, 0.25) is 0 Å². The number of ether oxygens (including phenoxy) is 2. The van der Waals surface area contributed by atoms with Gasteiger partial charge in [0.25, 0.3) is 0 Å². The fourth-order valence-corrected chi connectivity index (χ4v) is 0.812. The summed E-state index contributed by atoms with van der Waals surface area (Å²) in [5, 5.41) is 0. The van der Waals surface area contributed by atoms with Crippen LogP contribution in [0.3, 0.4) is 0 Å². The van der Waals surface area contributed by atoms with Gasteiger partial charge in [0, 0.05) is 13.3 Å². The Morgan fingerprint density at radius 1 is 1.25 bits per heavy atom. The van der Waals surface area contributed by atoms with Gasteiger partial charge in [-0.1, -0.05) is 18.8 Å². The summed E-state index contributed by atoms with van der Waals surface area (Å²) >= 11 is 0. The van der Waals surface area contributed by atoms with Crippen LogP contribution >= 0.6 is 0 Å². The number of hydrogen-bond acceptors (Lipinski definition) is 4. The van der Waals surface area contributed by atoms with Gasteiger partial charge in [-0.3, -0.25) is 9.59 Å². The Bertz CT molecular complexity index is 307. The lowest BCUT2D eigenvalue weighted by Crippen LogP contribution is -2.20. The third kappa shape index (κ3) is 7.86. The zero-order chi connectivity index (χ0) is 12.6. The number of carbonyl (C=O) groups excluding carboxylic acids is 2. The summed E-state index contributed by atoms with van der Waals surface area (Å²) in [6.45, 7) is 7.10. The normalized spacial score (nSPS) is 10.0. The first-order chi connectivity index (χ1) is 7.37. The van der Waals surface area contributed by atoms with Crippen LogP contribution in [0.5, 0.6) is 0 Å². The monoisotopic (exact) mass is 226 g/mol. The molecule has 0 radical (unpaired) electrons. The van der Waals surface area contributed by atoms with E-state index in [0.717, 1.165) is 0 Å². The lowest BCUT2D eigenvalue weighted by molar-refractivity contribution is -0.145. The zero-order valence-corrected chi connectivity index (χ0v) is 10.3. The molecule has 0 aliphatic carbocycles. The van der Waals surface area contributed by atoms with Crippen molar-refractivity contribution in [1.29, 1.82) is 0 Å². The average Bonchev–Trinajstić information content (AvgIpc) is 2.21. The number of rotatable bonds is 4. The Kier molecular flexibility index (Phi) is 6.24. The van der Waals surface area contributed by atoms with E-state index in [4.69, 9.17) is 4.74 Å². The van der Waals surface area contributed by atoms with Crippen molar-refractivity contribution in [2.75, 3.05) is 13.2 Å². The predicted molar refractivity (Wildman–Crippen MR) is 59.4 cm³/mol. The third-order valence-electron chi connectivity index (χ3n) is 1.66. The van der Waals surface area contributed by atoms with Crippen molar-refractivity contribution in [3.05, 3.63) is 0 Å². The second-order valence-corrected chi connectivity index (χ2v) is 3.98. The lowest BCUT2D eigenvalue weighted by atomic mass is 9.96. The van der Waals surface area contributed by atoms with Crippen molar-refractivity contribution >= 4 is 11.9 Å². The van der Waals surface area contributed by atoms with E-state index in [1.165, 1.54) is 6.92 Å². The van der Waals surface area contributed by atoms with E-state index < -0.39 is 5.41 Å². The second kappa shape index (κ2) is 6.89. The van der Waals surface area contributed by atoms with Crippen LogP contribution in [-0.2, 0) is 19.1 Å². The largest absolute Gasteiger partial charge is 0.464 e. The van der Waals surface area contributed by atoms with Crippen molar-refractivity contribution < 1.29 is 19.1 Å². The molecule has 0 unspecified atom stereocenters. The van der Waals surface area contributed by atoms with Gasteiger partial charge in [-0.25, -0.2) is 0 Å². The fourth-order valence-electron chi connectivity index (χ4n) is 0.812. The maximum atomic E-state index is 10.9. The smallest absolute Gasteiger partial charge is 0.305 e. The van der Waals surface area contributed by atoms with Crippen molar-refractivity contribution in [3.8, 4) is 11.8 Å². The third-order valence-corrected chi connectivity index (χ3v) is 1.66. The molecule has 90 valence electrons. The molecule has 0 saturated carbocycles. The molecule has 4 heteroatoms. The van der Waals surface area contributed by atoms with Crippen LogP contribution in [0, 0.1) is 17.3 Å². The highest BCUT2D eigenvalue weighted by Crippen LogP contribution is 2.13. The Morgan fingerprint density at radius 2 is 1.88 bits per heavy atom. The maximum Gasteiger partial charge on any atom is 0.305 e. The molecule has 0 rings (SSSR count). The van der Waals surface area contributed by atoms with E-state index in [2.05, 4.69) is 16.6 Å². The van der Waals surface area contributed by atoms with Crippen molar-refractivity contribution in [2.24, 2.45) is 5.41 Å².